The van der Waals surface area contributed by atoms with Crippen molar-refractivity contribution in [2.45, 2.75) is 31.7 Å². The van der Waals surface area contributed by atoms with Gasteiger partial charge in [0.1, 0.15) is 0 Å². The van der Waals surface area contributed by atoms with E-state index in [1.54, 1.807) is 0 Å². The molecule has 0 saturated carbocycles. The second-order valence-corrected chi connectivity index (χ2v) is 4.23. The fraction of sp³-hybridized carbons (Fsp3) is 0.636. The Labute approximate surface area is 107 Å². The SMILES string of the molecule is CNCCC(=O)NC1CCc2[nH]ncc2C1.Cl. The van der Waals surface area contributed by atoms with Crippen molar-refractivity contribution in [3.8, 4) is 0 Å². The highest BCUT2D eigenvalue weighted by molar-refractivity contribution is 5.85. The van der Waals surface area contributed by atoms with E-state index in [1.165, 1.54) is 11.3 Å². The summed E-state index contributed by atoms with van der Waals surface area (Å²) < 4.78 is 0. The molecule has 1 aliphatic rings. The van der Waals surface area contributed by atoms with Crippen LogP contribution in [0.3, 0.4) is 0 Å². The number of carbonyl (C=O) groups is 1. The van der Waals surface area contributed by atoms with Gasteiger partial charge < -0.3 is 10.6 Å². The first-order valence-electron chi connectivity index (χ1n) is 5.74. The third-order valence-electron chi connectivity index (χ3n) is 2.98. The number of nitrogens with zero attached hydrogens (tertiary/aromatic N) is 1. The van der Waals surface area contributed by atoms with E-state index in [9.17, 15) is 4.79 Å². The number of hydrogen-bond donors (Lipinski definition) is 3. The number of carbonyl (C=O) groups excluding carboxylic acids is 1. The van der Waals surface area contributed by atoms with Crippen molar-refractivity contribution in [1.29, 1.82) is 0 Å². The minimum absolute atomic E-state index is 0. The molecule has 1 amide bonds. The van der Waals surface area contributed by atoms with Gasteiger partial charge in [-0.05, 0) is 31.9 Å². The monoisotopic (exact) mass is 258 g/mol. The fourth-order valence-corrected chi connectivity index (χ4v) is 2.08. The van der Waals surface area contributed by atoms with Crippen LogP contribution >= 0.6 is 12.4 Å². The molecule has 0 spiro atoms. The molecule has 3 N–H and O–H groups in total. The molecule has 0 saturated heterocycles. The van der Waals surface area contributed by atoms with Crippen molar-refractivity contribution >= 4 is 18.3 Å². The molecule has 1 heterocycles. The molecule has 1 unspecified atom stereocenters. The number of H-pyrrole nitrogens is 1. The van der Waals surface area contributed by atoms with Crippen LogP contribution in [0.1, 0.15) is 24.1 Å². The normalized spacial score (nSPS) is 18.1. The minimum atomic E-state index is 0. The van der Waals surface area contributed by atoms with Crippen LogP contribution in [0.5, 0.6) is 0 Å². The maximum atomic E-state index is 11.5. The second kappa shape index (κ2) is 6.61. The first-order chi connectivity index (χ1) is 7.79. The first kappa shape index (κ1) is 14.0. The lowest BCUT2D eigenvalue weighted by Crippen LogP contribution is -2.39. The summed E-state index contributed by atoms with van der Waals surface area (Å²) >= 11 is 0. The molecule has 1 aromatic rings. The molecule has 2 rings (SSSR count). The third kappa shape index (κ3) is 3.71. The Balaban J connectivity index is 0.00000144. The van der Waals surface area contributed by atoms with Gasteiger partial charge in [-0.25, -0.2) is 0 Å². The average Bonchev–Trinajstić information content (AvgIpc) is 2.73. The smallest absolute Gasteiger partial charge is 0.221 e. The van der Waals surface area contributed by atoms with E-state index in [1.807, 2.05) is 13.2 Å². The Morgan fingerprint density at radius 3 is 3.24 bits per heavy atom. The highest BCUT2D eigenvalue weighted by Crippen LogP contribution is 2.18. The topological polar surface area (TPSA) is 69.8 Å². The molecule has 5 nitrogen and oxygen atoms in total. The van der Waals surface area contributed by atoms with Crippen LogP contribution in [0.4, 0.5) is 0 Å². The number of rotatable bonds is 4. The maximum absolute atomic E-state index is 11.5. The van der Waals surface area contributed by atoms with Gasteiger partial charge in [0.05, 0.1) is 6.20 Å². The van der Waals surface area contributed by atoms with Crippen molar-refractivity contribution in [2.24, 2.45) is 0 Å². The standard InChI is InChI=1S/C11H18N4O.ClH/c1-12-5-4-11(16)14-9-2-3-10-8(6-9)7-13-15-10;/h7,9,12H,2-6H2,1H3,(H,13,15)(H,14,16);1H. The number of halogens is 1. The summed E-state index contributed by atoms with van der Waals surface area (Å²) in [6.45, 7) is 0.732. The van der Waals surface area contributed by atoms with Crippen LogP contribution in [-0.2, 0) is 17.6 Å². The molecule has 17 heavy (non-hydrogen) atoms. The molecule has 6 heteroatoms. The van der Waals surface area contributed by atoms with Crippen molar-refractivity contribution in [1.82, 2.24) is 20.8 Å². The molecular weight excluding hydrogens is 240 g/mol. The van der Waals surface area contributed by atoms with E-state index in [0.29, 0.717) is 6.42 Å². The quantitative estimate of drug-likeness (QED) is 0.733. The van der Waals surface area contributed by atoms with Gasteiger partial charge in [0.2, 0.25) is 5.91 Å². The van der Waals surface area contributed by atoms with Gasteiger partial charge in [0.15, 0.2) is 0 Å². The lowest BCUT2D eigenvalue weighted by atomic mass is 9.93. The first-order valence-corrected chi connectivity index (χ1v) is 5.74. The van der Waals surface area contributed by atoms with Crippen molar-refractivity contribution in [3.05, 3.63) is 17.5 Å². The predicted molar refractivity (Wildman–Crippen MR) is 68.3 cm³/mol. The molecule has 0 aliphatic heterocycles. The Hall–Kier alpha value is -1.07. The summed E-state index contributed by atoms with van der Waals surface area (Å²) in [7, 11) is 1.85. The molecule has 0 aromatic carbocycles. The molecule has 1 aliphatic carbocycles. The van der Waals surface area contributed by atoms with Crippen LogP contribution in [-0.4, -0.2) is 35.7 Å². The van der Waals surface area contributed by atoms with Crippen LogP contribution in [0.15, 0.2) is 6.20 Å². The summed E-state index contributed by atoms with van der Waals surface area (Å²) in [5.74, 6) is 0.131. The van der Waals surface area contributed by atoms with Crippen LogP contribution in [0.25, 0.3) is 0 Å². The molecule has 96 valence electrons. The van der Waals surface area contributed by atoms with Crippen LogP contribution in [0, 0.1) is 0 Å². The van der Waals surface area contributed by atoms with Gasteiger partial charge in [-0.1, -0.05) is 0 Å². The average molecular weight is 259 g/mol. The zero-order chi connectivity index (χ0) is 11.4. The Bertz CT molecular complexity index is 366. The zero-order valence-corrected chi connectivity index (χ0v) is 10.8. The molecule has 0 bridgehead atoms. The second-order valence-electron chi connectivity index (χ2n) is 4.23. The van der Waals surface area contributed by atoms with E-state index < -0.39 is 0 Å². The van der Waals surface area contributed by atoms with E-state index in [-0.39, 0.29) is 24.4 Å². The Morgan fingerprint density at radius 2 is 2.47 bits per heavy atom. The Kier molecular flexibility index (Phi) is 5.44. The highest BCUT2D eigenvalue weighted by atomic mass is 35.5. The van der Waals surface area contributed by atoms with Crippen molar-refractivity contribution < 1.29 is 4.79 Å². The molecule has 1 atom stereocenters. The summed E-state index contributed by atoms with van der Waals surface area (Å²) in [6, 6.07) is 0.273. The number of nitrogens with one attached hydrogen (secondary N) is 3. The minimum Gasteiger partial charge on any atom is -0.353 e. The third-order valence-corrected chi connectivity index (χ3v) is 2.98. The van der Waals surface area contributed by atoms with Crippen molar-refractivity contribution in [2.75, 3.05) is 13.6 Å². The molecule has 0 fully saturated rings. The van der Waals surface area contributed by atoms with Gasteiger partial charge >= 0.3 is 0 Å². The van der Waals surface area contributed by atoms with Crippen LogP contribution < -0.4 is 10.6 Å². The fourth-order valence-electron chi connectivity index (χ4n) is 2.08. The summed E-state index contributed by atoms with van der Waals surface area (Å²) in [4.78, 5) is 11.5. The predicted octanol–water partition coefficient (Wildman–Crippen LogP) is 0.414. The number of aromatic nitrogens is 2. The zero-order valence-electron chi connectivity index (χ0n) is 9.95. The summed E-state index contributed by atoms with van der Waals surface area (Å²) in [5.41, 5.74) is 2.46. The summed E-state index contributed by atoms with van der Waals surface area (Å²) in [6.07, 6.45) is 5.29. The molecule has 0 radical (unpaired) electrons. The number of hydrogen-bond acceptors (Lipinski definition) is 3. The van der Waals surface area contributed by atoms with E-state index >= 15 is 0 Å². The van der Waals surface area contributed by atoms with Gasteiger partial charge in [0.25, 0.3) is 0 Å². The number of aromatic amines is 1. The van der Waals surface area contributed by atoms with Gasteiger partial charge in [-0.2, -0.15) is 5.10 Å². The van der Waals surface area contributed by atoms with Gasteiger partial charge in [-0.15, -0.1) is 12.4 Å². The summed E-state index contributed by atoms with van der Waals surface area (Å²) in [5, 5.41) is 13.0. The highest BCUT2D eigenvalue weighted by Gasteiger charge is 2.20. The largest absolute Gasteiger partial charge is 0.353 e. The lowest BCUT2D eigenvalue weighted by molar-refractivity contribution is -0.121. The van der Waals surface area contributed by atoms with E-state index in [2.05, 4.69) is 20.8 Å². The van der Waals surface area contributed by atoms with Gasteiger partial charge in [-0.3, -0.25) is 9.89 Å². The lowest BCUT2D eigenvalue weighted by Gasteiger charge is -2.22. The molecular formula is C11H19ClN4O. The van der Waals surface area contributed by atoms with Crippen molar-refractivity contribution in [3.63, 3.8) is 0 Å². The van der Waals surface area contributed by atoms with Crippen LogP contribution in [0.2, 0.25) is 0 Å². The van der Waals surface area contributed by atoms with E-state index in [4.69, 9.17) is 0 Å². The number of fused-ring (bicyclic) bond motifs is 1. The van der Waals surface area contributed by atoms with E-state index in [0.717, 1.165) is 25.8 Å². The maximum Gasteiger partial charge on any atom is 0.221 e. The van der Waals surface area contributed by atoms with Gasteiger partial charge in [0, 0.05) is 24.7 Å². The molecule has 1 aromatic heterocycles. The Morgan fingerprint density at radius 1 is 1.65 bits per heavy atom. The number of aryl methyl sites for hydroxylation is 1. The number of amides is 1.